The van der Waals surface area contributed by atoms with Crippen LogP contribution in [0.2, 0.25) is 0 Å². The maximum absolute atomic E-state index is 13.4. The van der Waals surface area contributed by atoms with Crippen LogP contribution in [-0.2, 0) is 30.5 Å². The topological polar surface area (TPSA) is 220 Å². The van der Waals surface area contributed by atoms with Crippen molar-refractivity contribution in [2.75, 3.05) is 44.1 Å². The van der Waals surface area contributed by atoms with E-state index >= 15 is 0 Å². The number of rotatable bonds is 20. The van der Waals surface area contributed by atoms with Crippen LogP contribution in [0.4, 0.5) is 10.7 Å². The predicted octanol–water partition coefficient (Wildman–Crippen LogP) is 3.98. The minimum atomic E-state index is -1.01. The van der Waals surface area contributed by atoms with Crippen LogP contribution in [0.25, 0.3) is 10.9 Å². The van der Waals surface area contributed by atoms with Gasteiger partial charge in [-0.2, -0.15) is 0 Å². The van der Waals surface area contributed by atoms with E-state index in [1.54, 1.807) is 37.3 Å². The number of methoxy groups -OCH3 is 1. The first kappa shape index (κ1) is 45.1. The van der Waals surface area contributed by atoms with Crippen LogP contribution >= 0.6 is 11.3 Å². The second-order valence-corrected chi connectivity index (χ2v) is 16.7. The number of esters is 1. The third-order valence-corrected chi connectivity index (χ3v) is 12.2. The molecule has 17 nitrogen and oxygen atoms in total. The number of fused-ring (bicyclic) bond motifs is 2. The number of H-pyrrole nitrogens is 1. The number of aromatic amines is 1. The minimum absolute atomic E-state index is 0.0228. The largest absolute Gasteiger partial charge is 0.467 e. The molecule has 4 aromatic rings. The van der Waals surface area contributed by atoms with Crippen LogP contribution in [0.1, 0.15) is 106 Å². The van der Waals surface area contributed by atoms with Crippen LogP contribution in [0.3, 0.4) is 0 Å². The van der Waals surface area contributed by atoms with Crippen molar-refractivity contribution in [2.24, 2.45) is 0 Å². The van der Waals surface area contributed by atoms with E-state index in [2.05, 4.69) is 25.9 Å². The zero-order valence-electron chi connectivity index (χ0n) is 35.3. The lowest BCUT2D eigenvalue weighted by Gasteiger charge is -2.28. The number of piperidine rings is 1. The quantitative estimate of drug-likeness (QED) is 0.0564. The van der Waals surface area contributed by atoms with Gasteiger partial charge in [0.05, 0.1) is 44.7 Å². The van der Waals surface area contributed by atoms with Gasteiger partial charge in [0.25, 0.3) is 23.3 Å². The highest BCUT2D eigenvalue weighted by molar-refractivity contribution is 7.18. The number of anilines is 2. The van der Waals surface area contributed by atoms with E-state index in [1.165, 1.54) is 18.4 Å². The van der Waals surface area contributed by atoms with E-state index in [1.807, 2.05) is 42.1 Å². The van der Waals surface area contributed by atoms with Gasteiger partial charge >= 0.3 is 5.97 Å². The molecule has 4 heterocycles. The van der Waals surface area contributed by atoms with Crippen molar-refractivity contribution in [2.45, 2.75) is 89.8 Å². The van der Waals surface area contributed by atoms with Crippen LogP contribution in [-0.4, -0.2) is 103 Å². The van der Waals surface area contributed by atoms with Gasteiger partial charge in [0.15, 0.2) is 0 Å². The zero-order valence-corrected chi connectivity index (χ0v) is 36.2. The number of aryl methyl sites for hydroxylation is 1. The molecule has 0 spiro atoms. The fourth-order valence-corrected chi connectivity index (χ4v) is 8.61. The number of ether oxygens (including phenoxy) is 1. The van der Waals surface area contributed by atoms with E-state index in [-0.39, 0.29) is 48.3 Å². The molecule has 2 aromatic carbocycles. The molecule has 6 rings (SSSR count). The molecule has 0 bridgehead atoms. The molecular formula is C44H52N8O9S. The van der Waals surface area contributed by atoms with Crippen molar-refractivity contribution in [3.05, 3.63) is 86.3 Å². The highest BCUT2D eigenvalue weighted by Gasteiger charge is 2.46. The lowest BCUT2D eigenvalue weighted by molar-refractivity contribution is -0.143. The number of hydrogen-bond acceptors (Lipinski definition) is 13. The Kier molecular flexibility index (Phi) is 14.9. The van der Waals surface area contributed by atoms with Gasteiger partial charge in [0, 0.05) is 46.6 Å². The molecule has 2 aliphatic rings. The molecule has 2 aromatic heterocycles. The summed E-state index contributed by atoms with van der Waals surface area (Å²) in [4.78, 5) is 114. The second-order valence-electron chi connectivity index (χ2n) is 15.6. The van der Waals surface area contributed by atoms with Crippen molar-refractivity contribution < 1.29 is 38.3 Å². The Balaban J connectivity index is 0.866. The van der Waals surface area contributed by atoms with Gasteiger partial charge in [-0.1, -0.05) is 37.8 Å². The summed E-state index contributed by atoms with van der Waals surface area (Å²) >= 11 is 1.25. The Bertz CT molecular complexity index is 2430. The normalized spacial score (nSPS) is 15.3. The third-order valence-electron chi connectivity index (χ3n) is 11.1. The average molecular weight is 869 g/mol. The summed E-state index contributed by atoms with van der Waals surface area (Å²) < 4.78 is 4.91. The number of carbonyl (C=O) groups is 7. The van der Waals surface area contributed by atoms with E-state index in [0.717, 1.165) is 54.0 Å². The van der Waals surface area contributed by atoms with Gasteiger partial charge < -0.3 is 30.2 Å². The minimum Gasteiger partial charge on any atom is -0.467 e. The molecule has 0 saturated carbocycles. The van der Waals surface area contributed by atoms with Crippen LogP contribution in [0, 0.1) is 6.92 Å². The average Bonchev–Trinajstić information content (AvgIpc) is 3.84. The Labute approximate surface area is 362 Å². The van der Waals surface area contributed by atoms with Gasteiger partial charge in [0.2, 0.25) is 17.7 Å². The summed E-state index contributed by atoms with van der Waals surface area (Å²) in [5.74, 6) is -2.90. The lowest BCUT2D eigenvalue weighted by Crippen LogP contribution is -2.54. The van der Waals surface area contributed by atoms with Gasteiger partial charge in [-0.3, -0.25) is 43.8 Å². The lowest BCUT2D eigenvalue weighted by atomic mass is 10.0. The Morgan fingerprint density at radius 3 is 2.47 bits per heavy atom. The molecule has 1 unspecified atom stereocenters. The van der Waals surface area contributed by atoms with Crippen molar-refractivity contribution in [1.29, 1.82) is 0 Å². The molecule has 1 saturated heterocycles. The summed E-state index contributed by atoms with van der Waals surface area (Å²) in [5, 5.41) is 9.14. The Morgan fingerprint density at radius 1 is 0.952 bits per heavy atom. The molecule has 18 heteroatoms. The fraction of sp³-hybridized carbons (Fsp3) is 0.432. The summed E-state index contributed by atoms with van der Waals surface area (Å²) in [6.45, 7) is 3.35. The third kappa shape index (κ3) is 10.7. The highest BCUT2D eigenvalue weighted by Crippen LogP contribution is 2.34. The molecular weight excluding hydrogens is 817 g/mol. The van der Waals surface area contributed by atoms with Crippen molar-refractivity contribution in [3.8, 4) is 0 Å². The molecule has 0 radical (unpaired) electrons. The molecule has 6 amide bonds. The number of aromatic nitrogens is 2. The number of carbonyl (C=O) groups excluding carboxylic acids is 7. The molecule has 0 aliphatic carbocycles. The maximum Gasteiger partial charge on any atom is 0.328 e. The highest BCUT2D eigenvalue weighted by atomic mass is 32.1. The number of amides is 6. The zero-order chi connectivity index (χ0) is 44.5. The molecule has 2 atom stereocenters. The molecule has 4 N–H and O–H groups in total. The Morgan fingerprint density at radius 2 is 1.71 bits per heavy atom. The number of nitrogens with one attached hydrogen (secondary N) is 4. The first-order valence-corrected chi connectivity index (χ1v) is 21.6. The summed E-state index contributed by atoms with van der Waals surface area (Å²) in [7, 11) is 4.98. The maximum atomic E-state index is 13.4. The van der Waals surface area contributed by atoms with Crippen molar-refractivity contribution >= 4 is 74.3 Å². The van der Waals surface area contributed by atoms with E-state index < -0.39 is 47.6 Å². The smallest absolute Gasteiger partial charge is 0.328 e. The fourth-order valence-electron chi connectivity index (χ4n) is 7.74. The molecule has 1 fully saturated rings. The second kappa shape index (κ2) is 20.4. The number of unbranched alkanes of at least 4 members (excludes halogenated alkanes) is 5. The number of imide groups is 2. The molecule has 2 aliphatic heterocycles. The van der Waals surface area contributed by atoms with Gasteiger partial charge in [-0.05, 0) is 74.6 Å². The number of hydrogen-bond donors (Lipinski definition) is 4. The number of nitrogens with zero attached hydrogens (tertiary/aromatic N) is 4. The van der Waals surface area contributed by atoms with Gasteiger partial charge in [-0.15, -0.1) is 11.3 Å². The molecule has 328 valence electrons. The summed E-state index contributed by atoms with van der Waals surface area (Å²) in [5.41, 5.74) is 2.46. The predicted molar refractivity (Wildman–Crippen MR) is 233 cm³/mol. The standard InChI is InChI=1S/C44H52N8O9S/c1-26-46-30-15-14-27(24-29(30)39(55)47-26)25-51(3)37-21-18-34(62-37)41(57)48-31(44(60)61-4)16-19-35(53)45-22-9-7-5-6-8-10-23-50(2)32-13-11-12-28-38(32)43(59)52(42(28)58)33-17-20-36(54)49-40(33)56/h11-15,18,21,24,31,33H,5-10,16-17,19-20,22-23,25H2,1-4H3,(H,45,53)(H,48,57)(H,46,47,55)(H,49,54,56)/t31-,33?/m0/s1. The van der Waals surface area contributed by atoms with Crippen LogP contribution in [0.5, 0.6) is 0 Å². The Hall–Kier alpha value is -6.43. The van der Waals surface area contributed by atoms with Crippen molar-refractivity contribution in [1.82, 2.24) is 30.8 Å². The van der Waals surface area contributed by atoms with E-state index in [9.17, 15) is 38.4 Å². The van der Waals surface area contributed by atoms with Crippen LogP contribution in [0.15, 0.2) is 53.3 Å². The van der Waals surface area contributed by atoms with E-state index in [0.29, 0.717) is 46.9 Å². The molecule has 62 heavy (non-hydrogen) atoms. The SMILES string of the molecule is COC(=O)[C@H](CCC(=O)NCCCCCCCCN(C)c1cccc2c1C(=O)N(C1CCC(=O)NC1=O)C2=O)NC(=O)c1ccc(N(C)Cc2ccc3nc(C)[nH]c(=O)c3c2)s1. The monoisotopic (exact) mass is 868 g/mol. The summed E-state index contributed by atoms with van der Waals surface area (Å²) in [6.07, 6.45) is 5.68. The number of benzene rings is 2. The van der Waals surface area contributed by atoms with Gasteiger partial charge in [-0.25, -0.2) is 9.78 Å². The van der Waals surface area contributed by atoms with E-state index in [4.69, 9.17) is 4.74 Å². The van der Waals surface area contributed by atoms with Gasteiger partial charge in [0.1, 0.15) is 17.9 Å². The number of thiophene rings is 1. The van der Waals surface area contributed by atoms with Crippen LogP contribution < -0.4 is 31.3 Å². The first-order valence-electron chi connectivity index (χ1n) is 20.8. The summed E-state index contributed by atoms with van der Waals surface area (Å²) in [6, 6.07) is 12.1. The first-order chi connectivity index (χ1) is 29.7. The van der Waals surface area contributed by atoms with Crippen molar-refractivity contribution in [3.63, 3.8) is 0 Å².